The zero-order chi connectivity index (χ0) is 48.1. The molecule has 11 heteroatoms. The van der Waals surface area contributed by atoms with Crippen molar-refractivity contribution in [1.82, 2.24) is 0 Å². The van der Waals surface area contributed by atoms with Gasteiger partial charge in [0.25, 0.3) is 0 Å². The first-order valence-electron chi connectivity index (χ1n) is 23.1. The number of carboxylic acid groups (broad SMARTS) is 5. The zero-order valence-corrected chi connectivity index (χ0v) is 45.7. The summed E-state index contributed by atoms with van der Waals surface area (Å²) in [6, 6.07) is 0. The first kappa shape index (κ1) is 70.9. The van der Waals surface area contributed by atoms with E-state index in [0.717, 1.165) is 96.3 Å². The molecule has 0 heterocycles. The maximum Gasteiger partial charge on any atom is 0.0414 e. The monoisotopic (exact) mass is 1060 g/mol. The summed E-state index contributed by atoms with van der Waals surface area (Å²) < 4.78 is 0. The predicted octanol–water partition coefficient (Wildman–Crippen LogP) is 8.28. The van der Waals surface area contributed by atoms with Crippen LogP contribution in [0.3, 0.4) is 0 Å². The first-order valence-corrected chi connectivity index (χ1v) is 23.1. The number of carboxylic acids is 5. The number of carbonyl (C=O) groups excluding carboxylic acids is 5. The van der Waals surface area contributed by atoms with E-state index in [1.807, 2.05) is 0 Å². The number of aliphatic carboxylic acids is 5. The Hall–Kier alpha value is -1.77. The van der Waals surface area contributed by atoms with Crippen LogP contribution >= 0.6 is 0 Å². The Labute approximate surface area is 395 Å². The summed E-state index contributed by atoms with van der Waals surface area (Å²) in [5.41, 5.74) is 1.88. The molecule has 0 saturated carbocycles. The quantitative estimate of drug-likeness (QED) is 0.0633. The van der Waals surface area contributed by atoms with E-state index in [2.05, 4.69) is 104 Å². The van der Waals surface area contributed by atoms with E-state index in [1.165, 1.54) is 32.1 Å². The molecule has 0 aromatic heterocycles. The van der Waals surface area contributed by atoms with E-state index in [1.54, 1.807) is 0 Å². The third kappa shape index (κ3) is 98.5. The Bertz CT molecular complexity index is 871. The van der Waals surface area contributed by atoms with Crippen molar-refractivity contribution in [2.45, 2.75) is 264 Å². The average molecular weight is 1070 g/mol. The molecule has 0 fully saturated rings. The predicted molar refractivity (Wildman–Crippen MR) is 243 cm³/mol. The SMILES string of the molecule is CC(C)(C)CCCCCC(=O)[O-].CC(C)(C)CCCCCC(=O)[O-].CC(C)(C)CCCCCC(=O)[O-].CC(C)(C)CCCCCC(=O)[O-].CC(C)(C)CCCCCC(=O)[O-].[Bi]. The molecule has 0 aliphatic rings. The maximum atomic E-state index is 10.0. The molecular formula is C50H95BiO10-5. The van der Waals surface area contributed by atoms with Crippen LogP contribution in [0.25, 0.3) is 0 Å². The number of rotatable bonds is 25. The van der Waals surface area contributed by atoms with Gasteiger partial charge in [-0.15, -0.1) is 0 Å². The van der Waals surface area contributed by atoms with E-state index >= 15 is 0 Å². The Kier molecular flexibility index (Phi) is 47.6. The van der Waals surface area contributed by atoms with Gasteiger partial charge in [0.2, 0.25) is 0 Å². The molecule has 365 valence electrons. The largest absolute Gasteiger partial charge is 0.550 e. The van der Waals surface area contributed by atoms with Crippen LogP contribution in [-0.4, -0.2) is 56.0 Å². The fourth-order valence-electron chi connectivity index (χ4n) is 5.51. The van der Waals surface area contributed by atoms with Crippen LogP contribution in [0.2, 0.25) is 0 Å². The fourth-order valence-corrected chi connectivity index (χ4v) is 5.51. The molecule has 0 aromatic carbocycles. The third-order valence-electron chi connectivity index (χ3n) is 9.04. The Morgan fingerprint density at radius 1 is 0.246 bits per heavy atom. The van der Waals surface area contributed by atoms with Crippen molar-refractivity contribution in [1.29, 1.82) is 0 Å². The number of hydrogen-bond acceptors (Lipinski definition) is 10. The third-order valence-corrected chi connectivity index (χ3v) is 9.04. The Balaban J connectivity index is -0.000000154. The smallest absolute Gasteiger partial charge is 0.0414 e. The van der Waals surface area contributed by atoms with Gasteiger partial charge in [-0.3, -0.25) is 0 Å². The van der Waals surface area contributed by atoms with Gasteiger partial charge in [0, 0.05) is 56.0 Å². The molecule has 0 aromatic rings. The molecule has 0 unspecified atom stereocenters. The van der Waals surface area contributed by atoms with Gasteiger partial charge in [-0.2, -0.15) is 0 Å². The summed E-state index contributed by atoms with van der Waals surface area (Å²) >= 11 is 0. The van der Waals surface area contributed by atoms with Crippen LogP contribution in [-0.2, 0) is 24.0 Å². The maximum absolute atomic E-state index is 10.0. The first-order chi connectivity index (χ1) is 27.1. The van der Waals surface area contributed by atoms with Gasteiger partial charge in [-0.05, 0) is 123 Å². The van der Waals surface area contributed by atoms with Crippen molar-refractivity contribution >= 4 is 56.0 Å². The molecule has 0 saturated heterocycles. The molecule has 10 nitrogen and oxygen atoms in total. The van der Waals surface area contributed by atoms with Crippen LogP contribution in [0.15, 0.2) is 0 Å². The fraction of sp³-hybridized carbons (Fsp3) is 0.900. The topological polar surface area (TPSA) is 201 Å². The molecule has 0 amide bonds. The summed E-state index contributed by atoms with van der Waals surface area (Å²) in [5.74, 6) is -4.63. The molecule has 0 aliphatic carbocycles. The average Bonchev–Trinajstić information content (AvgIpc) is 3.02. The van der Waals surface area contributed by atoms with Crippen molar-refractivity contribution < 1.29 is 49.5 Å². The van der Waals surface area contributed by atoms with E-state index < -0.39 is 29.8 Å². The van der Waals surface area contributed by atoms with Crippen LogP contribution in [0.1, 0.15) is 264 Å². The summed E-state index contributed by atoms with van der Waals surface area (Å²) in [6.07, 6.45) is 21.3. The van der Waals surface area contributed by atoms with E-state index in [9.17, 15) is 49.5 Å². The Morgan fingerprint density at radius 3 is 0.443 bits per heavy atom. The summed E-state index contributed by atoms with van der Waals surface area (Å²) in [4.78, 5) is 50.2. The summed E-state index contributed by atoms with van der Waals surface area (Å²) in [6.45, 7) is 33.0. The van der Waals surface area contributed by atoms with Gasteiger partial charge in [-0.1, -0.05) is 168 Å². The van der Waals surface area contributed by atoms with Crippen molar-refractivity contribution in [3.63, 3.8) is 0 Å². The van der Waals surface area contributed by atoms with Gasteiger partial charge in [0.15, 0.2) is 0 Å². The molecule has 0 bridgehead atoms. The molecular weight excluding hydrogens is 970 g/mol. The number of hydrogen-bond donors (Lipinski definition) is 0. The minimum Gasteiger partial charge on any atom is -0.550 e. The second kappa shape index (κ2) is 41.0. The molecule has 61 heavy (non-hydrogen) atoms. The number of unbranched alkanes of at least 4 members (excludes halogenated alkanes) is 10. The Morgan fingerprint density at radius 2 is 0.361 bits per heavy atom. The van der Waals surface area contributed by atoms with Gasteiger partial charge < -0.3 is 49.5 Å². The molecule has 0 rings (SSSR count). The second-order valence-electron chi connectivity index (χ2n) is 22.5. The minimum absolute atomic E-state index is 0. The summed E-state index contributed by atoms with van der Waals surface area (Å²) in [7, 11) is 0. The van der Waals surface area contributed by atoms with E-state index in [4.69, 9.17) is 0 Å². The van der Waals surface area contributed by atoms with Crippen LogP contribution < -0.4 is 25.5 Å². The molecule has 0 N–H and O–H groups in total. The summed E-state index contributed by atoms with van der Waals surface area (Å²) in [5, 5.41) is 50.2. The molecule has 0 atom stereocenters. The molecule has 0 aliphatic heterocycles. The van der Waals surface area contributed by atoms with Crippen molar-refractivity contribution in [2.75, 3.05) is 0 Å². The molecule has 3 radical (unpaired) electrons. The van der Waals surface area contributed by atoms with Gasteiger partial charge >= 0.3 is 0 Å². The normalized spacial score (nSPS) is 11.4. The van der Waals surface area contributed by atoms with E-state index in [0.29, 0.717) is 27.1 Å². The van der Waals surface area contributed by atoms with Gasteiger partial charge in [-0.25, -0.2) is 0 Å². The van der Waals surface area contributed by atoms with Crippen molar-refractivity contribution in [3.8, 4) is 0 Å². The second-order valence-corrected chi connectivity index (χ2v) is 22.5. The van der Waals surface area contributed by atoms with Crippen LogP contribution in [0.5, 0.6) is 0 Å². The van der Waals surface area contributed by atoms with E-state index in [-0.39, 0.29) is 58.3 Å². The molecule has 0 spiro atoms. The zero-order valence-electron chi connectivity index (χ0n) is 42.2. The van der Waals surface area contributed by atoms with Crippen LogP contribution in [0.4, 0.5) is 0 Å². The van der Waals surface area contributed by atoms with Crippen molar-refractivity contribution in [2.24, 2.45) is 27.1 Å². The number of carbonyl (C=O) groups is 5. The minimum atomic E-state index is -0.925. The van der Waals surface area contributed by atoms with Crippen LogP contribution in [0, 0.1) is 27.1 Å². The standard InChI is InChI=1S/5C10H20O2.Bi/c5*1-10(2,3)8-6-4-5-7-9(11)12;/h5*4-8H2,1-3H3,(H,11,12);/p-5. The van der Waals surface area contributed by atoms with Crippen molar-refractivity contribution in [3.05, 3.63) is 0 Å². The van der Waals surface area contributed by atoms with Gasteiger partial charge in [0.05, 0.1) is 0 Å². The van der Waals surface area contributed by atoms with Gasteiger partial charge in [0.1, 0.15) is 0 Å².